The highest BCUT2D eigenvalue weighted by Gasteiger charge is 2.27. The van der Waals surface area contributed by atoms with Gasteiger partial charge in [-0.1, -0.05) is 19.9 Å². The summed E-state index contributed by atoms with van der Waals surface area (Å²) in [5, 5.41) is 15.1. The Bertz CT molecular complexity index is 633. The summed E-state index contributed by atoms with van der Waals surface area (Å²) in [6, 6.07) is 3.64. The fourth-order valence-corrected chi connectivity index (χ4v) is 2.48. The number of carbonyl (C=O) groups is 2. The Morgan fingerprint density at radius 3 is 2.15 bits per heavy atom. The molecule has 1 aromatic carbocycles. The van der Waals surface area contributed by atoms with Gasteiger partial charge in [0.15, 0.2) is 11.5 Å². The van der Waals surface area contributed by atoms with Crippen molar-refractivity contribution >= 4 is 12.0 Å². The predicted octanol–water partition coefficient (Wildman–Crippen LogP) is 2.01. The second-order valence-corrected chi connectivity index (χ2v) is 6.68. The number of ether oxygens (including phenoxy) is 3. The van der Waals surface area contributed by atoms with Crippen LogP contribution in [0.25, 0.3) is 0 Å². The molecule has 2 atom stereocenters. The number of hydrogen-bond donors (Lipinski definition) is 3. The summed E-state index contributed by atoms with van der Waals surface area (Å²) < 4.78 is 15.5. The fraction of sp³-hybridized carbons (Fsp3) is 0.579. The maximum Gasteiger partial charge on any atom is 0.408 e. The summed E-state index contributed by atoms with van der Waals surface area (Å²) in [6.45, 7) is 6.75. The maximum atomic E-state index is 12.7. The van der Waals surface area contributed by atoms with E-state index in [0.717, 1.165) is 0 Å². The summed E-state index contributed by atoms with van der Waals surface area (Å²) in [5.41, 5.74) is 0.649. The lowest BCUT2D eigenvalue weighted by atomic mass is 10.0. The van der Waals surface area contributed by atoms with Crippen molar-refractivity contribution in [2.24, 2.45) is 5.92 Å². The lowest BCUT2D eigenvalue weighted by Gasteiger charge is -2.25. The standard InChI is InChI=1S/C19H30N2O6/c1-11(2)17(21-19(24)27-12(3)4)18(23)20-14(10-22)13-7-8-15(25-5)16(9-13)26-6/h7-9,11-12,14,17,22H,10H2,1-6H3,(H,20,23)(H,21,24). The average molecular weight is 382 g/mol. The first kappa shape index (κ1) is 22.6. The van der Waals surface area contributed by atoms with Gasteiger partial charge in [0.05, 0.1) is 33.0 Å². The van der Waals surface area contributed by atoms with Gasteiger partial charge >= 0.3 is 6.09 Å². The largest absolute Gasteiger partial charge is 0.493 e. The van der Waals surface area contributed by atoms with Crippen LogP contribution in [0.1, 0.15) is 39.3 Å². The number of alkyl carbamates (subject to hydrolysis) is 1. The molecule has 0 fully saturated rings. The van der Waals surface area contributed by atoms with Crippen molar-refractivity contribution < 1.29 is 28.9 Å². The molecule has 0 saturated heterocycles. The van der Waals surface area contributed by atoms with Gasteiger partial charge in [-0.15, -0.1) is 0 Å². The predicted molar refractivity (Wildman–Crippen MR) is 101 cm³/mol. The molecule has 2 unspecified atom stereocenters. The molecule has 0 heterocycles. The van der Waals surface area contributed by atoms with Crippen molar-refractivity contribution in [2.75, 3.05) is 20.8 Å². The van der Waals surface area contributed by atoms with Crippen molar-refractivity contribution in [3.05, 3.63) is 23.8 Å². The Hall–Kier alpha value is -2.48. The van der Waals surface area contributed by atoms with Gasteiger partial charge in [0.2, 0.25) is 5.91 Å². The quantitative estimate of drug-likeness (QED) is 0.603. The third-order valence-corrected chi connectivity index (χ3v) is 3.87. The number of rotatable bonds is 9. The van der Waals surface area contributed by atoms with Crippen LogP contribution in [0, 0.1) is 5.92 Å². The minimum atomic E-state index is -0.801. The van der Waals surface area contributed by atoms with Crippen molar-refractivity contribution in [1.82, 2.24) is 10.6 Å². The minimum absolute atomic E-state index is 0.172. The van der Waals surface area contributed by atoms with E-state index in [2.05, 4.69) is 10.6 Å². The van der Waals surface area contributed by atoms with E-state index in [1.165, 1.54) is 14.2 Å². The van der Waals surface area contributed by atoms with Crippen molar-refractivity contribution in [3.8, 4) is 11.5 Å². The van der Waals surface area contributed by atoms with E-state index in [9.17, 15) is 14.7 Å². The van der Waals surface area contributed by atoms with E-state index in [0.29, 0.717) is 17.1 Å². The molecule has 0 aromatic heterocycles. The molecule has 27 heavy (non-hydrogen) atoms. The van der Waals surface area contributed by atoms with Crippen LogP contribution in [0.2, 0.25) is 0 Å². The van der Waals surface area contributed by atoms with Crippen molar-refractivity contribution in [2.45, 2.75) is 45.9 Å². The monoisotopic (exact) mass is 382 g/mol. The van der Waals surface area contributed by atoms with E-state index in [1.54, 1.807) is 32.0 Å². The van der Waals surface area contributed by atoms with Crippen LogP contribution in [0.4, 0.5) is 4.79 Å². The normalized spacial score (nSPS) is 13.1. The second-order valence-electron chi connectivity index (χ2n) is 6.68. The minimum Gasteiger partial charge on any atom is -0.493 e. The smallest absolute Gasteiger partial charge is 0.408 e. The van der Waals surface area contributed by atoms with E-state index in [4.69, 9.17) is 14.2 Å². The number of aliphatic hydroxyl groups is 1. The fourth-order valence-electron chi connectivity index (χ4n) is 2.48. The molecule has 0 spiro atoms. The summed E-state index contributed by atoms with van der Waals surface area (Å²) >= 11 is 0. The van der Waals surface area contributed by atoms with E-state index in [1.807, 2.05) is 13.8 Å². The van der Waals surface area contributed by atoms with Gasteiger partial charge < -0.3 is 30.0 Å². The summed E-state index contributed by atoms with van der Waals surface area (Å²) in [4.78, 5) is 24.5. The van der Waals surface area contributed by atoms with Crippen LogP contribution in [0.3, 0.4) is 0 Å². The van der Waals surface area contributed by atoms with Crippen LogP contribution in [0.15, 0.2) is 18.2 Å². The topological polar surface area (TPSA) is 106 Å². The number of methoxy groups -OCH3 is 2. The van der Waals surface area contributed by atoms with E-state index in [-0.39, 0.29) is 18.6 Å². The number of carbonyl (C=O) groups excluding carboxylic acids is 2. The van der Waals surface area contributed by atoms with Gasteiger partial charge in [-0.2, -0.15) is 0 Å². The van der Waals surface area contributed by atoms with Crippen LogP contribution >= 0.6 is 0 Å². The molecule has 8 heteroatoms. The Labute approximate surface area is 160 Å². The first-order valence-electron chi connectivity index (χ1n) is 8.83. The van der Waals surface area contributed by atoms with Gasteiger partial charge in [-0.25, -0.2) is 4.79 Å². The van der Waals surface area contributed by atoms with Gasteiger partial charge in [0.25, 0.3) is 0 Å². The average Bonchev–Trinajstić information content (AvgIpc) is 2.62. The molecule has 0 saturated carbocycles. The molecule has 1 rings (SSSR count). The third kappa shape index (κ3) is 6.63. The molecule has 1 aromatic rings. The lowest BCUT2D eigenvalue weighted by Crippen LogP contribution is -2.51. The van der Waals surface area contributed by atoms with Gasteiger partial charge in [-0.3, -0.25) is 4.79 Å². The molecular formula is C19H30N2O6. The zero-order valence-electron chi connectivity index (χ0n) is 16.7. The summed E-state index contributed by atoms with van der Waals surface area (Å²) in [5.74, 6) is 0.443. The van der Waals surface area contributed by atoms with Crippen LogP contribution in [-0.4, -0.2) is 50.1 Å². The number of aliphatic hydroxyl groups excluding tert-OH is 1. The lowest BCUT2D eigenvalue weighted by molar-refractivity contribution is -0.125. The number of hydrogen-bond acceptors (Lipinski definition) is 6. The molecule has 0 aliphatic rings. The molecule has 0 bridgehead atoms. The Morgan fingerprint density at radius 1 is 1.04 bits per heavy atom. The third-order valence-electron chi connectivity index (χ3n) is 3.87. The molecular weight excluding hydrogens is 352 g/mol. The van der Waals surface area contributed by atoms with Crippen molar-refractivity contribution in [1.29, 1.82) is 0 Å². The van der Waals surface area contributed by atoms with Gasteiger partial charge in [0, 0.05) is 0 Å². The Kier molecular flexibility index (Phi) is 8.87. The highest BCUT2D eigenvalue weighted by atomic mass is 16.6. The van der Waals surface area contributed by atoms with Gasteiger partial charge in [-0.05, 0) is 37.5 Å². The zero-order valence-corrected chi connectivity index (χ0v) is 16.7. The maximum absolute atomic E-state index is 12.7. The van der Waals surface area contributed by atoms with Gasteiger partial charge in [0.1, 0.15) is 6.04 Å². The molecule has 2 amide bonds. The van der Waals surface area contributed by atoms with Crippen molar-refractivity contribution in [3.63, 3.8) is 0 Å². The highest BCUT2D eigenvalue weighted by Crippen LogP contribution is 2.30. The molecule has 0 aliphatic carbocycles. The first-order valence-corrected chi connectivity index (χ1v) is 8.83. The summed E-state index contributed by atoms with van der Waals surface area (Å²) in [7, 11) is 3.03. The molecule has 8 nitrogen and oxygen atoms in total. The Morgan fingerprint density at radius 2 is 1.67 bits per heavy atom. The number of nitrogens with one attached hydrogen (secondary N) is 2. The van der Waals surface area contributed by atoms with E-state index < -0.39 is 24.1 Å². The highest BCUT2D eigenvalue weighted by molar-refractivity contribution is 5.86. The SMILES string of the molecule is COc1ccc(C(CO)NC(=O)C(NC(=O)OC(C)C)C(C)C)cc1OC. The molecule has 0 radical (unpaired) electrons. The molecule has 3 N–H and O–H groups in total. The molecule has 152 valence electrons. The first-order chi connectivity index (χ1) is 12.7. The van der Waals surface area contributed by atoms with Crippen LogP contribution in [0.5, 0.6) is 11.5 Å². The number of benzene rings is 1. The zero-order chi connectivity index (χ0) is 20.6. The Balaban J connectivity index is 2.93. The van der Waals surface area contributed by atoms with E-state index >= 15 is 0 Å². The van der Waals surface area contributed by atoms with Crippen LogP contribution < -0.4 is 20.1 Å². The second kappa shape index (κ2) is 10.6. The molecule has 0 aliphatic heterocycles. The van der Waals surface area contributed by atoms with Crippen LogP contribution in [-0.2, 0) is 9.53 Å². The number of amides is 2. The summed E-state index contributed by atoms with van der Waals surface area (Å²) in [6.07, 6.45) is -0.955.